The van der Waals surface area contributed by atoms with Crippen molar-refractivity contribution in [3.8, 4) is 5.75 Å². The third-order valence-electron chi connectivity index (χ3n) is 2.45. The Balaban J connectivity index is 2.37. The highest BCUT2D eigenvalue weighted by Crippen LogP contribution is 2.29. The number of anilines is 4. The van der Waals surface area contributed by atoms with E-state index in [0.717, 1.165) is 0 Å². The number of nitrogen functional groups attached to an aromatic ring is 1. The van der Waals surface area contributed by atoms with E-state index in [1.807, 2.05) is 14.1 Å². The largest absolute Gasteiger partial charge is 0.495 e. The molecule has 20 heavy (non-hydrogen) atoms. The van der Waals surface area contributed by atoms with Crippen LogP contribution in [0.15, 0.2) is 18.2 Å². The van der Waals surface area contributed by atoms with Gasteiger partial charge in [0.2, 0.25) is 17.8 Å². The summed E-state index contributed by atoms with van der Waals surface area (Å²) in [6.45, 7) is 0. The van der Waals surface area contributed by atoms with Crippen LogP contribution in [0, 0.1) is 0 Å². The zero-order valence-electron chi connectivity index (χ0n) is 11.4. The Morgan fingerprint density at radius 1 is 1.25 bits per heavy atom. The Morgan fingerprint density at radius 2 is 2.00 bits per heavy atom. The van der Waals surface area contributed by atoms with Crippen LogP contribution < -0.4 is 20.7 Å². The fourth-order valence-electron chi connectivity index (χ4n) is 1.53. The quantitative estimate of drug-likeness (QED) is 0.890. The molecule has 0 atom stereocenters. The minimum atomic E-state index is 0.132. The first-order valence-electron chi connectivity index (χ1n) is 5.79. The average molecular weight is 295 g/mol. The van der Waals surface area contributed by atoms with E-state index in [-0.39, 0.29) is 5.95 Å². The molecule has 0 aliphatic rings. The van der Waals surface area contributed by atoms with Crippen molar-refractivity contribution in [2.45, 2.75) is 0 Å². The molecule has 7 nitrogen and oxygen atoms in total. The lowest BCUT2D eigenvalue weighted by Crippen LogP contribution is -2.15. The van der Waals surface area contributed by atoms with Gasteiger partial charge < -0.3 is 20.7 Å². The van der Waals surface area contributed by atoms with Gasteiger partial charge in [0.05, 0.1) is 12.8 Å². The van der Waals surface area contributed by atoms with E-state index < -0.39 is 0 Å². The van der Waals surface area contributed by atoms with E-state index >= 15 is 0 Å². The molecule has 1 heterocycles. The summed E-state index contributed by atoms with van der Waals surface area (Å²) in [4.78, 5) is 14.0. The third-order valence-corrected chi connectivity index (χ3v) is 2.68. The summed E-state index contributed by atoms with van der Waals surface area (Å²) in [5.41, 5.74) is 6.31. The van der Waals surface area contributed by atoms with Crippen molar-refractivity contribution in [3.05, 3.63) is 23.2 Å². The third kappa shape index (κ3) is 3.18. The lowest BCUT2D eigenvalue weighted by Gasteiger charge is -2.13. The molecular weight excluding hydrogens is 280 g/mol. The first-order valence-corrected chi connectivity index (χ1v) is 6.17. The summed E-state index contributed by atoms with van der Waals surface area (Å²) in [5.74, 6) is 1.54. The van der Waals surface area contributed by atoms with E-state index in [1.165, 1.54) is 0 Å². The molecular formula is C12H15ClN6O. The minimum Gasteiger partial charge on any atom is -0.495 e. The summed E-state index contributed by atoms with van der Waals surface area (Å²) in [6, 6.07) is 5.20. The molecule has 106 valence electrons. The van der Waals surface area contributed by atoms with Crippen LogP contribution in [0.2, 0.25) is 5.02 Å². The highest BCUT2D eigenvalue weighted by Gasteiger charge is 2.09. The second-order valence-electron chi connectivity index (χ2n) is 4.18. The highest BCUT2D eigenvalue weighted by molar-refractivity contribution is 6.30. The predicted molar refractivity (Wildman–Crippen MR) is 79.9 cm³/mol. The lowest BCUT2D eigenvalue weighted by molar-refractivity contribution is 0.417. The van der Waals surface area contributed by atoms with Crippen LogP contribution in [-0.4, -0.2) is 36.2 Å². The zero-order valence-corrected chi connectivity index (χ0v) is 12.1. The van der Waals surface area contributed by atoms with Gasteiger partial charge in [-0.25, -0.2) is 0 Å². The molecule has 0 aliphatic carbocycles. The highest BCUT2D eigenvalue weighted by atomic mass is 35.5. The molecule has 0 saturated carbocycles. The number of ether oxygens (including phenoxy) is 1. The summed E-state index contributed by atoms with van der Waals surface area (Å²) in [5, 5.41) is 3.59. The first kappa shape index (κ1) is 14.1. The van der Waals surface area contributed by atoms with E-state index in [1.54, 1.807) is 30.2 Å². The van der Waals surface area contributed by atoms with Gasteiger partial charge in [-0.3, -0.25) is 0 Å². The number of halogens is 1. The van der Waals surface area contributed by atoms with Gasteiger partial charge in [0.25, 0.3) is 0 Å². The van der Waals surface area contributed by atoms with E-state index in [0.29, 0.717) is 28.4 Å². The molecule has 2 aromatic rings. The van der Waals surface area contributed by atoms with Crippen molar-refractivity contribution in [2.75, 3.05) is 37.2 Å². The fourth-order valence-corrected chi connectivity index (χ4v) is 1.71. The van der Waals surface area contributed by atoms with Crippen LogP contribution in [0.1, 0.15) is 0 Å². The van der Waals surface area contributed by atoms with Crippen LogP contribution in [-0.2, 0) is 0 Å². The topological polar surface area (TPSA) is 89.2 Å². The van der Waals surface area contributed by atoms with Gasteiger partial charge >= 0.3 is 0 Å². The lowest BCUT2D eigenvalue weighted by atomic mass is 10.3. The standard InChI is InChI=1S/C12H15ClN6O/c1-19(2)12-17-10(14)16-11(18-12)15-8-6-7(13)4-5-9(8)20-3/h4-6H,1-3H3,(H3,14,15,16,17,18). The SMILES string of the molecule is COc1ccc(Cl)cc1Nc1nc(N)nc(N(C)C)n1. The number of nitrogens with zero attached hydrogens (tertiary/aromatic N) is 4. The van der Waals surface area contributed by atoms with Crippen molar-refractivity contribution < 1.29 is 4.74 Å². The van der Waals surface area contributed by atoms with Crippen LogP contribution >= 0.6 is 11.6 Å². The number of methoxy groups -OCH3 is 1. The molecule has 3 N–H and O–H groups in total. The molecule has 0 fully saturated rings. The van der Waals surface area contributed by atoms with Crippen LogP contribution in [0.4, 0.5) is 23.5 Å². The van der Waals surface area contributed by atoms with Gasteiger partial charge in [-0.2, -0.15) is 15.0 Å². The van der Waals surface area contributed by atoms with Crippen molar-refractivity contribution in [1.29, 1.82) is 0 Å². The number of rotatable bonds is 4. The molecule has 0 bridgehead atoms. The van der Waals surface area contributed by atoms with Crippen molar-refractivity contribution in [2.24, 2.45) is 0 Å². The van der Waals surface area contributed by atoms with Crippen molar-refractivity contribution >= 4 is 35.1 Å². The Hall–Kier alpha value is -2.28. The second-order valence-corrected chi connectivity index (χ2v) is 4.62. The van der Waals surface area contributed by atoms with Gasteiger partial charge in [-0.15, -0.1) is 0 Å². The van der Waals surface area contributed by atoms with Gasteiger partial charge in [-0.1, -0.05) is 11.6 Å². The number of nitrogens with one attached hydrogen (secondary N) is 1. The molecule has 0 spiro atoms. The fraction of sp³-hybridized carbons (Fsp3) is 0.250. The molecule has 1 aromatic heterocycles. The molecule has 1 aromatic carbocycles. The molecule has 0 amide bonds. The number of benzene rings is 1. The van der Waals surface area contributed by atoms with E-state index in [9.17, 15) is 0 Å². The smallest absolute Gasteiger partial charge is 0.233 e. The minimum absolute atomic E-state index is 0.132. The van der Waals surface area contributed by atoms with Gasteiger partial charge in [0, 0.05) is 19.1 Å². The molecule has 0 aliphatic heterocycles. The normalized spacial score (nSPS) is 10.2. The van der Waals surface area contributed by atoms with Gasteiger partial charge in [0.1, 0.15) is 5.75 Å². The summed E-state index contributed by atoms with van der Waals surface area (Å²) in [7, 11) is 5.21. The summed E-state index contributed by atoms with van der Waals surface area (Å²) >= 11 is 5.97. The monoisotopic (exact) mass is 294 g/mol. The van der Waals surface area contributed by atoms with Gasteiger partial charge in [0.15, 0.2) is 0 Å². The second kappa shape index (κ2) is 5.79. The Bertz CT molecular complexity index is 619. The van der Waals surface area contributed by atoms with Gasteiger partial charge in [-0.05, 0) is 18.2 Å². The van der Waals surface area contributed by atoms with Crippen LogP contribution in [0.5, 0.6) is 5.75 Å². The first-order chi connectivity index (χ1) is 9.49. The maximum Gasteiger partial charge on any atom is 0.233 e. The zero-order chi connectivity index (χ0) is 14.7. The summed E-state index contributed by atoms with van der Waals surface area (Å²) in [6.07, 6.45) is 0. The molecule has 0 saturated heterocycles. The Kier molecular flexibility index (Phi) is 4.09. The summed E-state index contributed by atoms with van der Waals surface area (Å²) < 4.78 is 5.25. The molecule has 2 rings (SSSR count). The average Bonchev–Trinajstić information content (AvgIpc) is 2.38. The van der Waals surface area contributed by atoms with E-state index in [2.05, 4.69) is 20.3 Å². The van der Waals surface area contributed by atoms with Crippen LogP contribution in [0.25, 0.3) is 0 Å². The number of hydrogen-bond acceptors (Lipinski definition) is 7. The number of nitrogens with two attached hydrogens (primary N) is 1. The maximum atomic E-state index is 5.97. The maximum absolute atomic E-state index is 5.97. The van der Waals surface area contributed by atoms with E-state index in [4.69, 9.17) is 22.1 Å². The molecule has 8 heteroatoms. The molecule has 0 radical (unpaired) electrons. The Labute approximate surface area is 121 Å². The van der Waals surface area contributed by atoms with Crippen LogP contribution in [0.3, 0.4) is 0 Å². The Morgan fingerprint density at radius 3 is 2.65 bits per heavy atom. The number of aromatic nitrogens is 3. The number of hydrogen-bond donors (Lipinski definition) is 2. The molecule has 0 unspecified atom stereocenters. The van der Waals surface area contributed by atoms with Crippen molar-refractivity contribution in [1.82, 2.24) is 15.0 Å². The predicted octanol–water partition coefficient (Wildman–Crippen LogP) is 1.93. The van der Waals surface area contributed by atoms with Crippen molar-refractivity contribution in [3.63, 3.8) is 0 Å².